The number of rotatable bonds is 3. The molecule has 0 aliphatic carbocycles. The van der Waals surface area contributed by atoms with Crippen LogP contribution in [-0.4, -0.2) is 48.3 Å². The van der Waals surface area contributed by atoms with Crippen molar-refractivity contribution < 1.29 is 5.11 Å². The highest BCUT2D eigenvalue weighted by Crippen LogP contribution is 2.13. The van der Waals surface area contributed by atoms with Gasteiger partial charge < -0.3 is 10.4 Å². The first kappa shape index (κ1) is 9.44. The Morgan fingerprint density at radius 2 is 2.15 bits per heavy atom. The number of aliphatic hydroxyl groups is 1. The van der Waals surface area contributed by atoms with E-state index in [1.54, 1.807) is 0 Å². The molecule has 0 radical (unpaired) electrons. The number of nitrogens with zero attached hydrogens (tertiary/aromatic N) is 1. The standard InChI is InChI=1S/C10H20N2O/c13-10-7-12(8-10)6-4-9-3-1-2-5-11-9/h9-11,13H,1-8H2. The van der Waals surface area contributed by atoms with E-state index in [0.29, 0.717) is 0 Å². The van der Waals surface area contributed by atoms with Crippen molar-refractivity contribution in [2.45, 2.75) is 37.8 Å². The van der Waals surface area contributed by atoms with Crippen LogP contribution in [0.4, 0.5) is 0 Å². The molecule has 2 N–H and O–H groups in total. The number of nitrogens with one attached hydrogen (secondary N) is 1. The minimum Gasteiger partial charge on any atom is -0.390 e. The predicted molar refractivity (Wildman–Crippen MR) is 52.7 cm³/mol. The van der Waals surface area contributed by atoms with Gasteiger partial charge in [-0.1, -0.05) is 6.42 Å². The largest absolute Gasteiger partial charge is 0.390 e. The van der Waals surface area contributed by atoms with Gasteiger partial charge in [-0.2, -0.15) is 0 Å². The lowest BCUT2D eigenvalue weighted by molar-refractivity contribution is -0.0000501. The van der Waals surface area contributed by atoms with Crippen molar-refractivity contribution in [3.8, 4) is 0 Å². The molecular weight excluding hydrogens is 164 g/mol. The Hall–Kier alpha value is -0.120. The molecular formula is C10H20N2O. The molecule has 0 aromatic heterocycles. The van der Waals surface area contributed by atoms with Crippen LogP contribution < -0.4 is 5.32 Å². The second-order valence-electron chi connectivity index (χ2n) is 4.35. The maximum absolute atomic E-state index is 9.10. The second-order valence-corrected chi connectivity index (χ2v) is 4.35. The van der Waals surface area contributed by atoms with Crippen molar-refractivity contribution in [1.29, 1.82) is 0 Å². The molecule has 2 aliphatic rings. The lowest BCUT2D eigenvalue weighted by Crippen LogP contribution is -2.52. The van der Waals surface area contributed by atoms with Crippen molar-refractivity contribution >= 4 is 0 Å². The SMILES string of the molecule is OC1CN(CCC2CCCCN2)C1. The van der Waals surface area contributed by atoms with Crippen LogP contribution >= 0.6 is 0 Å². The summed E-state index contributed by atoms with van der Waals surface area (Å²) in [5.41, 5.74) is 0. The zero-order valence-electron chi connectivity index (χ0n) is 8.21. The van der Waals surface area contributed by atoms with Gasteiger partial charge in [0.05, 0.1) is 6.10 Å². The predicted octanol–water partition coefficient (Wildman–Crippen LogP) is 0.195. The highest BCUT2D eigenvalue weighted by atomic mass is 16.3. The maximum Gasteiger partial charge on any atom is 0.0793 e. The summed E-state index contributed by atoms with van der Waals surface area (Å²) in [7, 11) is 0. The summed E-state index contributed by atoms with van der Waals surface area (Å²) in [6.45, 7) is 4.15. The summed E-state index contributed by atoms with van der Waals surface area (Å²) in [5, 5.41) is 12.6. The van der Waals surface area contributed by atoms with Gasteiger partial charge in [0.15, 0.2) is 0 Å². The van der Waals surface area contributed by atoms with E-state index >= 15 is 0 Å². The third kappa shape index (κ3) is 2.66. The number of aliphatic hydroxyl groups excluding tert-OH is 1. The first-order chi connectivity index (χ1) is 6.34. The third-order valence-electron chi connectivity index (χ3n) is 3.14. The van der Waals surface area contributed by atoms with Gasteiger partial charge in [-0.3, -0.25) is 4.90 Å². The zero-order chi connectivity index (χ0) is 9.10. The van der Waals surface area contributed by atoms with Crippen LogP contribution in [0.1, 0.15) is 25.7 Å². The quantitative estimate of drug-likeness (QED) is 0.657. The molecule has 0 amide bonds. The third-order valence-corrected chi connectivity index (χ3v) is 3.14. The van der Waals surface area contributed by atoms with Crippen LogP contribution in [0.3, 0.4) is 0 Å². The fraction of sp³-hybridized carbons (Fsp3) is 1.00. The Morgan fingerprint density at radius 3 is 2.77 bits per heavy atom. The van der Waals surface area contributed by atoms with Crippen LogP contribution in [-0.2, 0) is 0 Å². The highest BCUT2D eigenvalue weighted by Gasteiger charge is 2.24. The Balaban J connectivity index is 1.56. The Bertz CT molecular complexity index is 151. The zero-order valence-corrected chi connectivity index (χ0v) is 8.21. The lowest BCUT2D eigenvalue weighted by Gasteiger charge is -2.37. The molecule has 2 aliphatic heterocycles. The average Bonchev–Trinajstić information content (AvgIpc) is 2.12. The van der Waals surface area contributed by atoms with Gasteiger partial charge in [0.2, 0.25) is 0 Å². The Labute approximate surface area is 80.1 Å². The summed E-state index contributed by atoms with van der Waals surface area (Å²) >= 11 is 0. The van der Waals surface area contributed by atoms with E-state index in [1.165, 1.54) is 32.2 Å². The summed E-state index contributed by atoms with van der Waals surface area (Å²) < 4.78 is 0. The van der Waals surface area contributed by atoms with Crippen LogP contribution in [0.2, 0.25) is 0 Å². The fourth-order valence-electron chi connectivity index (χ4n) is 2.23. The monoisotopic (exact) mass is 184 g/mol. The molecule has 0 spiro atoms. The van der Waals surface area contributed by atoms with Crippen molar-refractivity contribution in [3.63, 3.8) is 0 Å². The van der Waals surface area contributed by atoms with E-state index in [4.69, 9.17) is 5.11 Å². The lowest BCUT2D eigenvalue weighted by atomic mass is 10.0. The molecule has 13 heavy (non-hydrogen) atoms. The first-order valence-corrected chi connectivity index (χ1v) is 5.48. The van der Waals surface area contributed by atoms with Crippen molar-refractivity contribution in [2.24, 2.45) is 0 Å². The number of likely N-dealkylation sites (tertiary alicyclic amines) is 1. The van der Waals surface area contributed by atoms with E-state index < -0.39 is 0 Å². The molecule has 0 bridgehead atoms. The van der Waals surface area contributed by atoms with Crippen LogP contribution in [0, 0.1) is 0 Å². The van der Waals surface area contributed by atoms with Crippen LogP contribution in [0.5, 0.6) is 0 Å². The smallest absolute Gasteiger partial charge is 0.0793 e. The van der Waals surface area contributed by atoms with E-state index in [-0.39, 0.29) is 6.10 Å². The Kier molecular flexibility index (Phi) is 3.19. The molecule has 2 fully saturated rings. The van der Waals surface area contributed by atoms with Gasteiger partial charge in [0, 0.05) is 19.1 Å². The second kappa shape index (κ2) is 4.40. The number of hydrogen-bond donors (Lipinski definition) is 2. The molecule has 1 unspecified atom stereocenters. The van der Waals surface area contributed by atoms with Gasteiger partial charge in [-0.05, 0) is 32.4 Å². The topological polar surface area (TPSA) is 35.5 Å². The van der Waals surface area contributed by atoms with Crippen LogP contribution in [0.25, 0.3) is 0 Å². The minimum absolute atomic E-state index is 0.0423. The van der Waals surface area contributed by atoms with Gasteiger partial charge in [0.1, 0.15) is 0 Å². The molecule has 0 aromatic carbocycles. The molecule has 0 saturated carbocycles. The normalized spacial score (nSPS) is 31.6. The van der Waals surface area contributed by atoms with E-state index in [0.717, 1.165) is 25.7 Å². The van der Waals surface area contributed by atoms with E-state index in [2.05, 4.69) is 10.2 Å². The fourth-order valence-corrected chi connectivity index (χ4v) is 2.23. The van der Waals surface area contributed by atoms with Gasteiger partial charge in [0.25, 0.3) is 0 Å². The minimum atomic E-state index is -0.0423. The molecule has 0 aromatic rings. The average molecular weight is 184 g/mol. The summed E-state index contributed by atoms with van der Waals surface area (Å²) in [6, 6.07) is 0.742. The molecule has 2 heterocycles. The van der Waals surface area contributed by atoms with Gasteiger partial charge in [-0.15, -0.1) is 0 Å². The number of hydrogen-bond acceptors (Lipinski definition) is 3. The van der Waals surface area contributed by atoms with Gasteiger partial charge in [-0.25, -0.2) is 0 Å². The maximum atomic E-state index is 9.10. The van der Waals surface area contributed by atoms with Crippen LogP contribution in [0.15, 0.2) is 0 Å². The number of β-amino-alcohol motifs (C(OH)–C–C–N with tert-alkyl or cyclic N) is 1. The first-order valence-electron chi connectivity index (χ1n) is 5.48. The summed E-state index contributed by atoms with van der Waals surface area (Å²) in [5.74, 6) is 0. The molecule has 3 nitrogen and oxygen atoms in total. The van der Waals surface area contributed by atoms with E-state index in [1.807, 2.05) is 0 Å². The van der Waals surface area contributed by atoms with Gasteiger partial charge >= 0.3 is 0 Å². The number of piperidine rings is 1. The summed E-state index contributed by atoms with van der Waals surface area (Å²) in [4.78, 5) is 2.33. The highest BCUT2D eigenvalue weighted by molar-refractivity contribution is 4.81. The molecule has 3 heteroatoms. The van der Waals surface area contributed by atoms with E-state index in [9.17, 15) is 0 Å². The van der Waals surface area contributed by atoms with Crippen molar-refractivity contribution in [2.75, 3.05) is 26.2 Å². The van der Waals surface area contributed by atoms with Crippen molar-refractivity contribution in [1.82, 2.24) is 10.2 Å². The Morgan fingerprint density at radius 1 is 1.31 bits per heavy atom. The molecule has 1 atom stereocenters. The molecule has 2 rings (SSSR count). The molecule has 76 valence electrons. The van der Waals surface area contributed by atoms with Crippen molar-refractivity contribution in [3.05, 3.63) is 0 Å². The molecule has 2 saturated heterocycles. The summed E-state index contributed by atoms with van der Waals surface area (Å²) in [6.07, 6.45) is 5.29.